The highest BCUT2D eigenvalue weighted by Crippen LogP contribution is 2.26. The second-order valence-electron chi connectivity index (χ2n) is 7.38. The smallest absolute Gasteiger partial charge is 0.408 e. The van der Waals surface area contributed by atoms with Crippen LogP contribution in [0.2, 0.25) is 0 Å². The van der Waals surface area contributed by atoms with Crippen LogP contribution < -0.4 is 5.76 Å². The van der Waals surface area contributed by atoms with E-state index >= 15 is 0 Å². The molecule has 0 aliphatic carbocycles. The quantitative estimate of drug-likeness (QED) is 0.579. The van der Waals surface area contributed by atoms with Crippen molar-refractivity contribution in [3.8, 4) is 0 Å². The average molecular weight is 442 g/mol. The average Bonchev–Trinajstić information content (AvgIpc) is 3.04. The molecule has 1 aromatic carbocycles. The number of carbonyl (C=O) groups excluding carboxylic acids is 1. The van der Waals surface area contributed by atoms with E-state index in [9.17, 15) is 18.0 Å². The van der Waals surface area contributed by atoms with Crippen LogP contribution >= 0.6 is 0 Å². The molecule has 0 radical (unpaired) electrons. The van der Waals surface area contributed by atoms with E-state index in [1.54, 1.807) is 20.2 Å². The molecule has 2 heterocycles. The minimum atomic E-state index is -3.84. The summed E-state index contributed by atoms with van der Waals surface area (Å²) in [5.41, 5.74) is 0.719. The van der Waals surface area contributed by atoms with Gasteiger partial charge < -0.3 is 18.8 Å². The largest absolute Gasteiger partial charge is 0.419 e. The van der Waals surface area contributed by atoms with Crippen LogP contribution in [0, 0.1) is 5.92 Å². The molecule has 1 aliphatic rings. The van der Waals surface area contributed by atoms with Crippen LogP contribution in [0.1, 0.15) is 12.8 Å². The highest BCUT2D eigenvalue weighted by molar-refractivity contribution is 7.89. The lowest BCUT2D eigenvalue weighted by Crippen LogP contribution is -2.47. The summed E-state index contributed by atoms with van der Waals surface area (Å²) >= 11 is 0. The Morgan fingerprint density at radius 3 is 2.70 bits per heavy atom. The predicted molar refractivity (Wildman–Crippen MR) is 108 cm³/mol. The molecule has 2 aromatic rings. The standard InChI is InChI=1S/C19H27N3O7S/c1-20(12-17(27-3)28-4)18(23)13-6-5-9-22(11-13)30(25,26)14-7-8-15-16(10-14)29-19(24)21(15)2/h7-8,10,13,17H,5-6,9,11-12H2,1-4H3/t13-/m1/s1. The number of aryl methyl sites for hydroxylation is 1. The Hall–Kier alpha value is -2.21. The number of methoxy groups -OCH3 is 2. The summed E-state index contributed by atoms with van der Waals surface area (Å²) in [5, 5.41) is 0. The number of carbonyl (C=O) groups is 1. The summed E-state index contributed by atoms with van der Waals surface area (Å²) in [4.78, 5) is 26.0. The van der Waals surface area contributed by atoms with Gasteiger partial charge in [0.15, 0.2) is 11.9 Å². The van der Waals surface area contributed by atoms with Gasteiger partial charge in [-0.2, -0.15) is 4.31 Å². The number of piperidine rings is 1. The minimum absolute atomic E-state index is 0.0321. The molecule has 0 bridgehead atoms. The van der Waals surface area contributed by atoms with Crippen molar-refractivity contribution >= 4 is 27.0 Å². The van der Waals surface area contributed by atoms with E-state index in [1.165, 1.54) is 40.1 Å². The third-order valence-electron chi connectivity index (χ3n) is 5.46. The van der Waals surface area contributed by atoms with Gasteiger partial charge in [0.25, 0.3) is 0 Å². The molecule has 0 saturated carbocycles. The van der Waals surface area contributed by atoms with Crippen molar-refractivity contribution in [2.24, 2.45) is 13.0 Å². The lowest BCUT2D eigenvalue weighted by Gasteiger charge is -2.33. The summed E-state index contributed by atoms with van der Waals surface area (Å²) in [6.07, 6.45) is 0.630. The highest BCUT2D eigenvalue weighted by Gasteiger charge is 2.35. The van der Waals surface area contributed by atoms with Gasteiger partial charge in [0.1, 0.15) is 0 Å². The number of nitrogens with zero attached hydrogens (tertiary/aromatic N) is 3. The Labute approximate surface area is 175 Å². The summed E-state index contributed by atoms with van der Waals surface area (Å²) < 4.78 is 44.3. The molecule has 0 unspecified atom stereocenters. The van der Waals surface area contributed by atoms with Crippen LogP contribution in [0.3, 0.4) is 0 Å². The maximum atomic E-state index is 13.2. The zero-order chi connectivity index (χ0) is 22.1. The molecule has 1 aromatic heterocycles. The normalized spacial score (nSPS) is 18.2. The molecule has 10 nitrogen and oxygen atoms in total. The topological polar surface area (TPSA) is 111 Å². The minimum Gasteiger partial charge on any atom is -0.408 e. The molecule has 0 spiro atoms. The van der Waals surface area contributed by atoms with E-state index in [0.717, 1.165) is 0 Å². The van der Waals surface area contributed by atoms with Gasteiger partial charge in [0.2, 0.25) is 15.9 Å². The molecule has 0 N–H and O–H groups in total. The Kier molecular flexibility index (Phi) is 6.65. The second-order valence-corrected chi connectivity index (χ2v) is 9.32. The number of ether oxygens (including phenoxy) is 2. The molecule has 1 aliphatic heterocycles. The van der Waals surface area contributed by atoms with Crippen LogP contribution in [-0.2, 0) is 31.3 Å². The number of benzene rings is 1. The number of hydrogen-bond acceptors (Lipinski definition) is 7. The number of hydrogen-bond donors (Lipinski definition) is 0. The van der Waals surface area contributed by atoms with E-state index in [0.29, 0.717) is 24.9 Å². The maximum absolute atomic E-state index is 13.2. The van der Waals surface area contributed by atoms with Crippen LogP contribution in [-0.4, -0.2) is 75.3 Å². The van der Waals surface area contributed by atoms with E-state index in [4.69, 9.17) is 13.9 Å². The molecule has 1 amide bonds. The molecule has 1 atom stereocenters. The van der Waals surface area contributed by atoms with Crippen LogP contribution in [0.15, 0.2) is 32.3 Å². The summed E-state index contributed by atoms with van der Waals surface area (Å²) in [6, 6.07) is 4.35. The van der Waals surface area contributed by atoms with Gasteiger partial charge in [-0.15, -0.1) is 0 Å². The molecule has 1 fully saturated rings. The van der Waals surface area contributed by atoms with Gasteiger partial charge in [-0.25, -0.2) is 13.2 Å². The third-order valence-corrected chi connectivity index (χ3v) is 7.32. The zero-order valence-corrected chi connectivity index (χ0v) is 18.3. The van der Waals surface area contributed by atoms with Gasteiger partial charge in [0.05, 0.1) is 22.9 Å². The van der Waals surface area contributed by atoms with Crippen molar-refractivity contribution in [1.82, 2.24) is 13.8 Å². The van der Waals surface area contributed by atoms with Crippen LogP contribution in [0.4, 0.5) is 0 Å². The molecule has 166 valence electrons. The van der Waals surface area contributed by atoms with Crippen molar-refractivity contribution in [3.63, 3.8) is 0 Å². The molecule has 11 heteroatoms. The lowest BCUT2D eigenvalue weighted by molar-refractivity contribution is -0.147. The van der Waals surface area contributed by atoms with Crippen molar-refractivity contribution in [3.05, 3.63) is 28.7 Å². The van der Waals surface area contributed by atoms with Crippen LogP contribution in [0.5, 0.6) is 0 Å². The molecule has 1 saturated heterocycles. The molecular weight excluding hydrogens is 414 g/mol. The SMILES string of the molecule is COC(CN(C)C(=O)[C@@H]1CCCN(S(=O)(=O)c2ccc3c(c2)oc(=O)n3C)C1)OC. The van der Waals surface area contributed by atoms with Gasteiger partial charge in [-0.3, -0.25) is 9.36 Å². The van der Waals surface area contributed by atoms with Crippen molar-refractivity contribution in [2.45, 2.75) is 24.0 Å². The van der Waals surface area contributed by atoms with E-state index in [-0.39, 0.29) is 29.5 Å². The van der Waals surface area contributed by atoms with E-state index < -0.39 is 28.0 Å². The Morgan fingerprint density at radius 2 is 2.03 bits per heavy atom. The monoisotopic (exact) mass is 441 g/mol. The number of likely N-dealkylation sites (N-methyl/N-ethyl adjacent to an activating group) is 1. The first-order chi connectivity index (χ1) is 14.2. The first kappa shape index (κ1) is 22.5. The Bertz CT molecular complexity index is 1070. The number of fused-ring (bicyclic) bond motifs is 1. The summed E-state index contributed by atoms with van der Waals surface area (Å²) in [5.74, 6) is -1.17. The van der Waals surface area contributed by atoms with E-state index in [1.807, 2.05) is 0 Å². The summed E-state index contributed by atoms with van der Waals surface area (Å²) in [7, 11) is 2.34. The van der Waals surface area contributed by atoms with Gasteiger partial charge in [0, 0.05) is 47.5 Å². The number of oxazole rings is 1. The zero-order valence-electron chi connectivity index (χ0n) is 17.5. The van der Waals surface area contributed by atoms with Gasteiger partial charge in [-0.1, -0.05) is 0 Å². The molecule has 3 rings (SSSR count). The second kappa shape index (κ2) is 8.88. The van der Waals surface area contributed by atoms with E-state index in [2.05, 4.69) is 0 Å². The van der Waals surface area contributed by atoms with Crippen molar-refractivity contribution in [1.29, 1.82) is 0 Å². The fraction of sp³-hybridized carbons (Fsp3) is 0.579. The first-order valence-corrected chi connectivity index (χ1v) is 11.0. The fourth-order valence-corrected chi connectivity index (χ4v) is 5.20. The number of rotatable bonds is 7. The number of amides is 1. The lowest BCUT2D eigenvalue weighted by atomic mass is 9.98. The molecule has 30 heavy (non-hydrogen) atoms. The summed E-state index contributed by atoms with van der Waals surface area (Å²) in [6.45, 7) is 0.664. The van der Waals surface area contributed by atoms with Crippen LogP contribution in [0.25, 0.3) is 11.1 Å². The fourth-order valence-electron chi connectivity index (χ4n) is 3.66. The van der Waals surface area contributed by atoms with Gasteiger partial charge in [-0.05, 0) is 25.0 Å². The predicted octanol–water partition coefficient (Wildman–Crippen LogP) is 0.610. The third kappa shape index (κ3) is 4.29. The first-order valence-electron chi connectivity index (χ1n) is 9.59. The van der Waals surface area contributed by atoms with Crippen molar-refractivity contribution in [2.75, 3.05) is 40.9 Å². The Morgan fingerprint density at radius 1 is 1.33 bits per heavy atom. The number of sulfonamides is 1. The van der Waals surface area contributed by atoms with Crippen molar-refractivity contribution < 1.29 is 27.1 Å². The molecular formula is C19H27N3O7S. The maximum Gasteiger partial charge on any atom is 0.419 e. The number of aromatic nitrogens is 1. The Balaban J connectivity index is 1.78. The van der Waals surface area contributed by atoms with Gasteiger partial charge >= 0.3 is 5.76 Å². The highest BCUT2D eigenvalue weighted by atomic mass is 32.2.